The highest BCUT2D eigenvalue weighted by molar-refractivity contribution is 9.10. The number of nitrogens with two attached hydrogens (primary N) is 1. The minimum Gasteiger partial charge on any atom is -0.469 e. The van der Waals surface area contributed by atoms with Crippen LogP contribution in [0.4, 0.5) is 8.78 Å². The van der Waals surface area contributed by atoms with E-state index in [0.717, 1.165) is 5.56 Å². The molecule has 0 amide bonds. The smallest absolute Gasteiger partial charge is 0.143 e. The summed E-state index contributed by atoms with van der Waals surface area (Å²) in [7, 11) is 0. The van der Waals surface area contributed by atoms with Crippen LogP contribution in [0.25, 0.3) is 0 Å². The van der Waals surface area contributed by atoms with Gasteiger partial charge in [-0.05, 0) is 47.5 Å². The normalized spacial score (nSPS) is 12.7. The maximum atomic E-state index is 13.9. The standard InChI is InChI=1S/C13H13BrF2N2O/c1-7-4-8(6-19-7)12(18-17)5-9-11(15)3-2-10(14)13(9)16/h2-4,6,12,18H,5,17H2,1H3. The van der Waals surface area contributed by atoms with Crippen molar-refractivity contribution in [3.05, 3.63) is 57.5 Å². The van der Waals surface area contributed by atoms with Crippen molar-refractivity contribution in [1.29, 1.82) is 0 Å². The van der Waals surface area contributed by atoms with Crippen molar-refractivity contribution in [3.63, 3.8) is 0 Å². The Bertz CT molecular complexity index is 586. The van der Waals surface area contributed by atoms with Crippen LogP contribution in [0, 0.1) is 18.6 Å². The highest BCUT2D eigenvalue weighted by Gasteiger charge is 2.19. The van der Waals surface area contributed by atoms with Gasteiger partial charge >= 0.3 is 0 Å². The number of nitrogens with one attached hydrogen (secondary N) is 1. The van der Waals surface area contributed by atoms with Gasteiger partial charge in [0.1, 0.15) is 17.4 Å². The first-order valence-corrected chi connectivity index (χ1v) is 6.45. The van der Waals surface area contributed by atoms with E-state index < -0.39 is 17.7 Å². The van der Waals surface area contributed by atoms with Crippen molar-refractivity contribution in [2.24, 2.45) is 5.84 Å². The molecule has 0 spiro atoms. The molecule has 2 aromatic rings. The van der Waals surface area contributed by atoms with E-state index in [0.29, 0.717) is 5.76 Å². The highest BCUT2D eigenvalue weighted by Crippen LogP contribution is 2.27. The number of halogens is 3. The van der Waals surface area contributed by atoms with Crippen LogP contribution in [0.5, 0.6) is 0 Å². The molecule has 0 fully saturated rings. The van der Waals surface area contributed by atoms with Gasteiger partial charge in [0.15, 0.2) is 0 Å². The molecule has 0 saturated heterocycles. The van der Waals surface area contributed by atoms with Gasteiger partial charge < -0.3 is 4.42 Å². The second-order valence-corrected chi connectivity index (χ2v) is 5.09. The number of furan rings is 1. The van der Waals surface area contributed by atoms with Crippen LogP contribution in [-0.4, -0.2) is 0 Å². The van der Waals surface area contributed by atoms with Crippen LogP contribution in [0.1, 0.15) is 22.9 Å². The fourth-order valence-electron chi connectivity index (χ4n) is 1.88. The maximum absolute atomic E-state index is 13.9. The molecule has 0 radical (unpaired) electrons. The van der Waals surface area contributed by atoms with Crippen LogP contribution in [0.15, 0.2) is 33.4 Å². The Kier molecular flexibility index (Phi) is 4.34. The first-order valence-electron chi connectivity index (χ1n) is 5.66. The summed E-state index contributed by atoms with van der Waals surface area (Å²) < 4.78 is 33.0. The molecule has 1 heterocycles. The summed E-state index contributed by atoms with van der Waals surface area (Å²) in [5.41, 5.74) is 3.28. The van der Waals surface area contributed by atoms with E-state index in [9.17, 15) is 8.78 Å². The molecular weight excluding hydrogens is 318 g/mol. The zero-order chi connectivity index (χ0) is 14.0. The number of aryl methyl sites for hydroxylation is 1. The Morgan fingerprint density at radius 3 is 2.74 bits per heavy atom. The predicted octanol–water partition coefficient (Wildman–Crippen LogP) is 3.38. The van der Waals surface area contributed by atoms with Gasteiger partial charge in [0.2, 0.25) is 0 Å². The van der Waals surface area contributed by atoms with E-state index in [-0.39, 0.29) is 16.5 Å². The largest absolute Gasteiger partial charge is 0.469 e. The third-order valence-electron chi connectivity index (χ3n) is 2.90. The van der Waals surface area contributed by atoms with Crippen LogP contribution in [-0.2, 0) is 6.42 Å². The molecule has 19 heavy (non-hydrogen) atoms. The molecule has 0 saturated carbocycles. The van der Waals surface area contributed by atoms with Gasteiger partial charge in [-0.25, -0.2) is 8.78 Å². The molecule has 3 nitrogen and oxygen atoms in total. The van der Waals surface area contributed by atoms with Crippen LogP contribution in [0.3, 0.4) is 0 Å². The van der Waals surface area contributed by atoms with E-state index in [1.165, 1.54) is 18.4 Å². The van der Waals surface area contributed by atoms with E-state index >= 15 is 0 Å². The Hall–Kier alpha value is -1.24. The van der Waals surface area contributed by atoms with Gasteiger partial charge in [-0.1, -0.05) is 0 Å². The minimum absolute atomic E-state index is 0.0174. The molecule has 0 aliphatic rings. The molecule has 0 bridgehead atoms. The number of hydrogen-bond donors (Lipinski definition) is 2. The number of hydrazine groups is 1. The Morgan fingerprint density at radius 1 is 1.42 bits per heavy atom. The number of rotatable bonds is 4. The average Bonchev–Trinajstić information content (AvgIpc) is 2.81. The number of hydrogen-bond acceptors (Lipinski definition) is 3. The molecule has 2 rings (SSSR count). The van der Waals surface area contributed by atoms with Crippen molar-refractivity contribution in [2.75, 3.05) is 0 Å². The lowest BCUT2D eigenvalue weighted by atomic mass is 10.0. The summed E-state index contributed by atoms with van der Waals surface area (Å²) in [5, 5.41) is 0. The fraction of sp³-hybridized carbons (Fsp3) is 0.231. The molecule has 102 valence electrons. The van der Waals surface area contributed by atoms with E-state index in [1.54, 1.807) is 13.0 Å². The highest BCUT2D eigenvalue weighted by atomic mass is 79.9. The predicted molar refractivity (Wildman–Crippen MR) is 71.3 cm³/mol. The lowest BCUT2D eigenvalue weighted by molar-refractivity contribution is 0.487. The summed E-state index contributed by atoms with van der Waals surface area (Å²) >= 11 is 3.04. The van der Waals surface area contributed by atoms with Gasteiger partial charge in [0.05, 0.1) is 16.8 Å². The van der Waals surface area contributed by atoms with Gasteiger partial charge in [-0.15, -0.1) is 0 Å². The minimum atomic E-state index is -0.611. The Labute approximate surface area is 117 Å². The van der Waals surface area contributed by atoms with E-state index in [2.05, 4.69) is 21.4 Å². The molecular formula is C13H13BrF2N2O. The van der Waals surface area contributed by atoms with Gasteiger partial charge in [-0.2, -0.15) is 0 Å². The van der Waals surface area contributed by atoms with Crippen LogP contribution < -0.4 is 11.3 Å². The van der Waals surface area contributed by atoms with E-state index in [1.807, 2.05) is 0 Å². The average molecular weight is 331 g/mol. The Balaban J connectivity index is 2.31. The third-order valence-corrected chi connectivity index (χ3v) is 3.51. The second-order valence-electron chi connectivity index (χ2n) is 4.24. The molecule has 3 N–H and O–H groups in total. The molecule has 6 heteroatoms. The monoisotopic (exact) mass is 330 g/mol. The van der Waals surface area contributed by atoms with Gasteiger partial charge in [0.25, 0.3) is 0 Å². The van der Waals surface area contributed by atoms with Crippen molar-refractivity contribution >= 4 is 15.9 Å². The van der Waals surface area contributed by atoms with Crippen molar-refractivity contribution in [3.8, 4) is 0 Å². The lowest BCUT2D eigenvalue weighted by Gasteiger charge is -2.15. The summed E-state index contributed by atoms with van der Waals surface area (Å²) in [5.74, 6) is 4.96. The van der Waals surface area contributed by atoms with Gasteiger partial charge in [-0.3, -0.25) is 11.3 Å². The van der Waals surface area contributed by atoms with Crippen molar-refractivity contribution in [2.45, 2.75) is 19.4 Å². The van der Waals surface area contributed by atoms with Crippen molar-refractivity contribution in [1.82, 2.24) is 5.43 Å². The molecule has 1 aromatic heterocycles. The first-order chi connectivity index (χ1) is 9.02. The van der Waals surface area contributed by atoms with Crippen LogP contribution in [0.2, 0.25) is 0 Å². The summed E-state index contributed by atoms with van der Waals surface area (Å²) in [6.45, 7) is 1.79. The molecule has 0 aliphatic heterocycles. The summed E-state index contributed by atoms with van der Waals surface area (Å²) in [4.78, 5) is 0. The second kappa shape index (κ2) is 5.81. The number of benzene rings is 1. The van der Waals surface area contributed by atoms with Crippen LogP contribution >= 0.6 is 15.9 Å². The summed E-state index contributed by atoms with van der Waals surface area (Å²) in [6, 6.07) is 3.91. The van der Waals surface area contributed by atoms with Crippen molar-refractivity contribution < 1.29 is 13.2 Å². The van der Waals surface area contributed by atoms with E-state index in [4.69, 9.17) is 10.3 Å². The lowest BCUT2D eigenvalue weighted by Crippen LogP contribution is -2.29. The Morgan fingerprint density at radius 2 is 2.16 bits per heavy atom. The first kappa shape index (κ1) is 14.2. The molecule has 1 unspecified atom stereocenters. The molecule has 1 aromatic carbocycles. The molecule has 1 atom stereocenters. The third kappa shape index (κ3) is 3.02. The molecule has 0 aliphatic carbocycles. The summed E-state index contributed by atoms with van der Waals surface area (Å²) in [6.07, 6.45) is 1.61. The topological polar surface area (TPSA) is 51.2 Å². The SMILES string of the molecule is Cc1cc(C(Cc2c(F)ccc(Br)c2F)NN)co1. The van der Waals surface area contributed by atoms with Gasteiger partial charge in [0, 0.05) is 11.1 Å². The maximum Gasteiger partial charge on any atom is 0.143 e. The fourth-order valence-corrected chi connectivity index (χ4v) is 2.25. The zero-order valence-corrected chi connectivity index (χ0v) is 11.8. The zero-order valence-electron chi connectivity index (χ0n) is 10.2. The quantitative estimate of drug-likeness (QED) is 0.513.